The fourth-order valence-corrected chi connectivity index (χ4v) is 1.86. The molecule has 0 radical (unpaired) electrons. The van der Waals surface area contributed by atoms with Crippen molar-refractivity contribution in [1.29, 1.82) is 0 Å². The quantitative estimate of drug-likeness (QED) is 0.477. The molecule has 0 aromatic rings. The van der Waals surface area contributed by atoms with Crippen LogP contribution in [0.3, 0.4) is 0 Å². The summed E-state index contributed by atoms with van der Waals surface area (Å²) in [6.07, 6.45) is 3.34. The van der Waals surface area contributed by atoms with Crippen LogP contribution in [0.15, 0.2) is 11.6 Å². The van der Waals surface area contributed by atoms with Gasteiger partial charge in [-0.3, -0.25) is 0 Å². The summed E-state index contributed by atoms with van der Waals surface area (Å²) in [7, 11) is 0. The zero-order chi connectivity index (χ0) is 9.42. The van der Waals surface area contributed by atoms with Crippen molar-refractivity contribution in [2.75, 3.05) is 6.61 Å². The van der Waals surface area contributed by atoms with Gasteiger partial charge in [-0.1, -0.05) is 13.0 Å². The predicted molar refractivity (Wildman–Crippen MR) is 47.2 cm³/mol. The highest BCUT2D eigenvalue weighted by Crippen LogP contribution is 2.39. The highest BCUT2D eigenvalue weighted by Gasteiger charge is 2.46. The summed E-state index contributed by atoms with van der Waals surface area (Å²) in [5.74, 6) is 0.182. The van der Waals surface area contributed by atoms with Gasteiger partial charge in [-0.05, 0) is 6.92 Å². The van der Waals surface area contributed by atoms with E-state index in [1.807, 2.05) is 13.0 Å². The summed E-state index contributed by atoms with van der Waals surface area (Å²) < 4.78 is 10.3. The molecule has 0 spiro atoms. The Hall–Kier alpha value is -0.830. The third kappa shape index (κ3) is 1.61. The Morgan fingerprint density at radius 3 is 3.15 bits per heavy atom. The largest absolute Gasteiger partial charge is 0.463 e. The van der Waals surface area contributed by atoms with Crippen molar-refractivity contribution in [2.24, 2.45) is 5.92 Å². The van der Waals surface area contributed by atoms with Crippen LogP contribution >= 0.6 is 0 Å². The first-order chi connectivity index (χ1) is 6.22. The molecule has 0 amide bonds. The summed E-state index contributed by atoms with van der Waals surface area (Å²) in [5.41, 5.74) is 0.785. The molecule has 3 nitrogen and oxygen atoms in total. The number of rotatable bonds is 2. The number of epoxide rings is 1. The molecule has 2 aliphatic rings. The van der Waals surface area contributed by atoms with Crippen LogP contribution < -0.4 is 0 Å². The van der Waals surface area contributed by atoms with Crippen LogP contribution in [0.25, 0.3) is 0 Å². The van der Waals surface area contributed by atoms with E-state index in [-0.39, 0.29) is 12.1 Å². The van der Waals surface area contributed by atoms with Crippen molar-refractivity contribution >= 4 is 5.97 Å². The Labute approximate surface area is 77.7 Å². The average molecular weight is 182 g/mol. The van der Waals surface area contributed by atoms with E-state index in [0.29, 0.717) is 18.6 Å². The lowest BCUT2D eigenvalue weighted by Crippen LogP contribution is -2.18. The number of esters is 1. The monoisotopic (exact) mass is 182 g/mol. The van der Waals surface area contributed by atoms with Gasteiger partial charge >= 0.3 is 5.97 Å². The predicted octanol–water partition coefficient (Wildman–Crippen LogP) is 1.28. The normalized spacial score (nSPS) is 36.2. The first kappa shape index (κ1) is 8.75. The van der Waals surface area contributed by atoms with Gasteiger partial charge < -0.3 is 9.47 Å². The maximum Gasteiger partial charge on any atom is 0.333 e. The van der Waals surface area contributed by atoms with Crippen molar-refractivity contribution in [2.45, 2.75) is 32.5 Å². The molecule has 1 heterocycles. The van der Waals surface area contributed by atoms with Gasteiger partial charge in [0.05, 0.1) is 18.8 Å². The van der Waals surface area contributed by atoms with E-state index in [1.165, 1.54) is 0 Å². The molecule has 3 heteroatoms. The third-order valence-electron chi connectivity index (χ3n) is 2.56. The smallest absolute Gasteiger partial charge is 0.333 e. The minimum absolute atomic E-state index is 0.177. The lowest BCUT2D eigenvalue weighted by molar-refractivity contribution is -0.138. The molecule has 1 saturated heterocycles. The van der Waals surface area contributed by atoms with Gasteiger partial charge in [0.25, 0.3) is 0 Å². The zero-order valence-corrected chi connectivity index (χ0v) is 7.95. The number of carbonyl (C=O) groups is 1. The second kappa shape index (κ2) is 3.14. The highest BCUT2D eigenvalue weighted by atomic mass is 16.6. The van der Waals surface area contributed by atoms with Gasteiger partial charge in [-0.15, -0.1) is 0 Å². The Kier molecular flexibility index (Phi) is 2.12. The van der Waals surface area contributed by atoms with Gasteiger partial charge in [0.15, 0.2) is 0 Å². The van der Waals surface area contributed by atoms with E-state index in [9.17, 15) is 4.79 Å². The molecule has 0 aromatic carbocycles. The summed E-state index contributed by atoms with van der Waals surface area (Å²) in [5, 5.41) is 0. The van der Waals surface area contributed by atoms with Crippen LogP contribution in [-0.2, 0) is 14.3 Å². The summed E-state index contributed by atoms with van der Waals surface area (Å²) in [6, 6.07) is 0. The molecule has 1 aliphatic carbocycles. The maximum atomic E-state index is 11.4. The van der Waals surface area contributed by atoms with Crippen molar-refractivity contribution in [3.05, 3.63) is 11.6 Å². The van der Waals surface area contributed by atoms with E-state index in [0.717, 1.165) is 12.0 Å². The van der Waals surface area contributed by atoms with Crippen LogP contribution in [0, 0.1) is 5.92 Å². The maximum absolute atomic E-state index is 11.4. The molecule has 0 N–H and O–H groups in total. The van der Waals surface area contributed by atoms with Crippen LogP contribution in [0.1, 0.15) is 20.3 Å². The molecule has 0 saturated carbocycles. The summed E-state index contributed by atoms with van der Waals surface area (Å²) >= 11 is 0. The zero-order valence-electron chi connectivity index (χ0n) is 7.95. The molecular formula is C10H14O3. The van der Waals surface area contributed by atoms with Gasteiger partial charge in [0.1, 0.15) is 0 Å². The van der Waals surface area contributed by atoms with Crippen LogP contribution in [0.5, 0.6) is 0 Å². The topological polar surface area (TPSA) is 38.8 Å². The molecule has 13 heavy (non-hydrogen) atoms. The van der Waals surface area contributed by atoms with E-state index in [4.69, 9.17) is 9.47 Å². The van der Waals surface area contributed by atoms with Gasteiger partial charge in [0, 0.05) is 17.9 Å². The minimum Gasteiger partial charge on any atom is -0.463 e. The Balaban J connectivity index is 2.03. The second-order valence-electron chi connectivity index (χ2n) is 3.61. The van der Waals surface area contributed by atoms with E-state index in [2.05, 4.69) is 6.92 Å². The molecule has 2 unspecified atom stereocenters. The minimum atomic E-state index is -0.177. The molecule has 1 aliphatic heterocycles. The first-order valence-electron chi connectivity index (χ1n) is 4.75. The van der Waals surface area contributed by atoms with Crippen molar-refractivity contribution in [3.63, 3.8) is 0 Å². The van der Waals surface area contributed by atoms with Crippen LogP contribution in [-0.4, -0.2) is 24.8 Å². The summed E-state index contributed by atoms with van der Waals surface area (Å²) in [4.78, 5) is 11.4. The number of fused-ring (bicyclic) bond motifs is 1. The molecular weight excluding hydrogens is 168 g/mol. The standard InChI is InChI=1S/C10H14O3/c1-3-12-10(11)7-4-6(2)9-8(5-7)13-9/h4,6,8-9H,3,5H2,1-2H3/t6-,8?,9?/m1/s1. The molecule has 3 atom stereocenters. The fraction of sp³-hybridized carbons (Fsp3) is 0.700. The molecule has 2 rings (SSSR count). The number of hydrogen-bond acceptors (Lipinski definition) is 3. The lowest BCUT2D eigenvalue weighted by atomic mass is 9.92. The van der Waals surface area contributed by atoms with Gasteiger partial charge in [-0.2, -0.15) is 0 Å². The first-order valence-corrected chi connectivity index (χ1v) is 4.75. The van der Waals surface area contributed by atoms with E-state index >= 15 is 0 Å². The Morgan fingerprint density at radius 2 is 2.54 bits per heavy atom. The number of ether oxygens (including phenoxy) is 2. The fourth-order valence-electron chi connectivity index (χ4n) is 1.86. The highest BCUT2D eigenvalue weighted by molar-refractivity contribution is 5.89. The van der Waals surface area contributed by atoms with Crippen molar-refractivity contribution < 1.29 is 14.3 Å². The number of carbonyl (C=O) groups excluding carboxylic acids is 1. The molecule has 72 valence electrons. The van der Waals surface area contributed by atoms with Crippen LogP contribution in [0.4, 0.5) is 0 Å². The average Bonchev–Trinajstić information content (AvgIpc) is 2.84. The molecule has 1 fully saturated rings. The van der Waals surface area contributed by atoms with Gasteiger partial charge in [0.2, 0.25) is 0 Å². The van der Waals surface area contributed by atoms with Crippen molar-refractivity contribution in [1.82, 2.24) is 0 Å². The van der Waals surface area contributed by atoms with Crippen molar-refractivity contribution in [3.8, 4) is 0 Å². The van der Waals surface area contributed by atoms with E-state index < -0.39 is 0 Å². The SMILES string of the molecule is CCOC(=O)C1=C[C@@H](C)C2OC2C1. The second-order valence-corrected chi connectivity index (χ2v) is 3.61. The Morgan fingerprint density at radius 1 is 1.77 bits per heavy atom. The van der Waals surface area contributed by atoms with Gasteiger partial charge in [-0.25, -0.2) is 4.79 Å². The lowest BCUT2D eigenvalue weighted by Gasteiger charge is -2.12. The van der Waals surface area contributed by atoms with E-state index in [1.54, 1.807) is 0 Å². The summed E-state index contributed by atoms with van der Waals surface area (Å²) in [6.45, 7) is 4.34. The van der Waals surface area contributed by atoms with Crippen LogP contribution in [0.2, 0.25) is 0 Å². The molecule has 0 bridgehead atoms. The molecule has 0 aromatic heterocycles. The Bertz CT molecular complexity index is 257. The third-order valence-corrected chi connectivity index (χ3v) is 2.56. The number of hydrogen-bond donors (Lipinski definition) is 0.